The maximum atomic E-state index is 2.74. The van der Waals surface area contributed by atoms with Crippen LogP contribution in [0.4, 0.5) is 0 Å². The van der Waals surface area contributed by atoms with Crippen LogP contribution in [0.2, 0.25) is 0 Å². The van der Waals surface area contributed by atoms with Gasteiger partial charge >= 0.3 is 0 Å². The van der Waals surface area contributed by atoms with Gasteiger partial charge in [0.2, 0.25) is 0 Å². The second-order valence-corrected chi connectivity index (χ2v) is 12.7. The van der Waals surface area contributed by atoms with Crippen LogP contribution in [-0.4, -0.2) is 0 Å². The van der Waals surface area contributed by atoms with Crippen molar-refractivity contribution >= 4 is 0 Å². The molecule has 0 aromatic carbocycles. The Kier molecular flexibility index (Phi) is 5.59. The van der Waals surface area contributed by atoms with Gasteiger partial charge in [-0.2, -0.15) is 0 Å². The Morgan fingerprint density at radius 2 is 1.64 bits per heavy atom. The Hall–Kier alpha value is -0.260. The molecule has 4 aliphatic rings. The lowest BCUT2D eigenvalue weighted by Gasteiger charge is -2.63. The molecule has 28 heavy (non-hydrogen) atoms. The Bertz CT molecular complexity index is 587. The number of rotatable bonds is 5. The van der Waals surface area contributed by atoms with Gasteiger partial charge < -0.3 is 0 Å². The molecule has 160 valence electrons. The molecule has 0 aromatic heterocycles. The monoisotopic (exact) mass is 384 g/mol. The number of hydrogen-bond acceptors (Lipinski definition) is 0. The molecule has 0 aromatic rings. The second kappa shape index (κ2) is 7.46. The average Bonchev–Trinajstić information content (AvgIpc) is 2.99. The quantitative estimate of drug-likeness (QED) is 0.416. The molecule has 0 nitrogen and oxygen atoms in total. The van der Waals surface area contributed by atoms with E-state index in [-0.39, 0.29) is 0 Å². The SMILES string of the molecule is CC(C)CCC[C@@H](C)[C@H]1CC[C@H]2[C@@H]3CC[C@]4(C)C=CCC[C@]4(C)[C@H]3CC[C@]12C. The average molecular weight is 385 g/mol. The van der Waals surface area contributed by atoms with Gasteiger partial charge in [-0.1, -0.05) is 73.0 Å². The summed E-state index contributed by atoms with van der Waals surface area (Å²) in [5, 5.41) is 0. The summed E-state index contributed by atoms with van der Waals surface area (Å²) >= 11 is 0. The highest BCUT2D eigenvalue weighted by atomic mass is 14.7. The first kappa shape index (κ1) is 21.0. The van der Waals surface area contributed by atoms with E-state index in [0.29, 0.717) is 16.2 Å². The van der Waals surface area contributed by atoms with Crippen molar-refractivity contribution < 1.29 is 0 Å². The van der Waals surface area contributed by atoms with Crippen LogP contribution in [0.1, 0.15) is 112 Å². The molecule has 8 atom stereocenters. The van der Waals surface area contributed by atoms with Crippen LogP contribution in [0.3, 0.4) is 0 Å². The van der Waals surface area contributed by atoms with Crippen LogP contribution in [0, 0.1) is 51.8 Å². The van der Waals surface area contributed by atoms with E-state index in [1.54, 1.807) is 6.42 Å². The highest BCUT2D eigenvalue weighted by Crippen LogP contribution is 2.70. The first-order valence-electron chi connectivity index (χ1n) is 12.9. The van der Waals surface area contributed by atoms with Gasteiger partial charge in [-0.15, -0.1) is 0 Å². The zero-order chi connectivity index (χ0) is 20.2. The van der Waals surface area contributed by atoms with Crippen molar-refractivity contribution in [2.24, 2.45) is 51.8 Å². The van der Waals surface area contributed by atoms with Crippen LogP contribution in [0.25, 0.3) is 0 Å². The molecular formula is C28H48. The van der Waals surface area contributed by atoms with Crippen molar-refractivity contribution in [3.63, 3.8) is 0 Å². The summed E-state index contributed by atoms with van der Waals surface area (Å²) in [6.07, 6.45) is 21.3. The van der Waals surface area contributed by atoms with Crippen LogP contribution in [-0.2, 0) is 0 Å². The van der Waals surface area contributed by atoms with E-state index in [0.717, 1.165) is 35.5 Å². The third-order valence-corrected chi connectivity index (χ3v) is 11.1. The van der Waals surface area contributed by atoms with Crippen molar-refractivity contribution in [2.75, 3.05) is 0 Å². The lowest BCUT2D eigenvalue weighted by Crippen LogP contribution is -2.56. The van der Waals surface area contributed by atoms with Crippen LogP contribution < -0.4 is 0 Å². The highest BCUT2D eigenvalue weighted by Gasteiger charge is 2.62. The summed E-state index contributed by atoms with van der Waals surface area (Å²) in [6, 6.07) is 0. The fourth-order valence-corrected chi connectivity index (χ4v) is 9.15. The van der Waals surface area contributed by atoms with Crippen LogP contribution in [0.15, 0.2) is 12.2 Å². The maximum absolute atomic E-state index is 2.74. The number of fused-ring (bicyclic) bond motifs is 5. The van der Waals surface area contributed by atoms with E-state index in [1.807, 2.05) is 0 Å². The topological polar surface area (TPSA) is 0 Å². The molecule has 0 aliphatic heterocycles. The predicted octanol–water partition coefficient (Wildman–Crippen LogP) is 8.66. The number of allylic oxidation sites excluding steroid dienone is 2. The van der Waals surface area contributed by atoms with E-state index >= 15 is 0 Å². The van der Waals surface area contributed by atoms with Gasteiger partial charge in [-0.25, -0.2) is 0 Å². The van der Waals surface area contributed by atoms with Gasteiger partial charge in [0.05, 0.1) is 0 Å². The van der Waals surface area contributed by atoms with Crippen molar-refractivity contribution in [3.8, 4) is 0 Å². The van der Waals surface area contributed by atoms with Crippen molar-refractivity contribution in [1.29, 1.82) is 0 Å². The largest absolute Gasteiger partial charge is 0.0879 e. The van der Waals surface area contributed by atoms with E-state index in [1.165, 1.54) is 64.2 Å². The summed E-state index contributed by atoms with van der Waals surface area (Å²) < 4.78 is 0. The summed E-state index contributed by atoms with van der Waals surface area (Å²) in [6.45, 7) is 15.4. The molecule has 3 fully saturated rings. The van der Waals surface area contributed by atoms with E-state index in [4.69, 9.17) is 0 Å². The highest BCUT2D eigenvalue weighted by molar-refractivity contribution is 5.18. The summed E-state index contributed by atoms with van der Waals surface area (Å²) in [5.41, 5.74) is 1.68. The lowest BCUT2D eigenvalue weighted by molar-refractivity contribution is -0.126. The molecule has 4 aliphatic carbocycles. The summed E-state index contributed by atoms with van der Waals surface area (Å²) in [5.74, 6) is 5.85. The van der Waals surface area contributed by atoms with E-state index in [9.17, 15) is 0 Å². The molecule has 0 N–H and O–H groups in total. The fourth-order valence-electron chi connectivity index (χ4n) is 9.15. The van der Waals surface area contributed by atoms with Gasteiger partial charge in [-0.3, -0.25) is 0 Å². The number of hydrogen-bond donors (Lipinski definition) is 0. The van der Waals surface area contributed by atoms with Crippen molar-refractivity contribution in [2.45, 2.75) is 112 Å². The minimum atomic E-state index is 0.475. The van der Waals surface area contributed by atoms with Crippen LogP contribution in [0.5, 0.6) is 0 Å². The third kappa shape index (κ3) is 3.15. The molecule has 0 radical (unpaired) electrons. The first-order valence-corrected chi connectivity index (χ1v) is 12.9. The maximum Gasteiger partial charge on any atom is -0.00898 e. The first-order chi connectivity index (χ1) is 13.2. The van der Waals surface area contributed by atoms with Crippen molar-refractivity contribution in [3.05, 3.63) is 12.2 Å². The molecule has 0 saturated heterocycles. The summed E-state index contributed by atoms with van der Waals surface area (Å²) in [4.78, 5) is 0. The Morgan fingerprint density at radius 1 is 0.857 bits per heavy atom. The molecule has 0 heterocycles. The Morgan fingerprint density at radius 3 is 2.39 bits per heavy atom. The molecule has 0 bridgehead atoms. The smallest absolute Gasteiger partial charge is 0.00898 e. The normalized spacial score (nSPS) is 48.8. The Labute approximate surface area is 176 Å². The van der Waals surface area contributed by atoms with Gasteiger partial charge in [0.15, 0.2) is 0 Å². The molecule has 3 saturated carbocycles. The standard InChI is InChI=1S/C28H48/c1-20(2)10-9-11-21(3)23-12-13-24-22-14-18-26(4)16-7-8-17-28(26,6)25(22)15-19-27(23,24)5/h7,16,20-25H,8-15,17-19H2,1-6H3/t21-,22+,23-,24+,25+,26+,27-,28-/m1/s1. The van der Waals surface area contributed by atoms with E-state index in [2.05, 4.69) is 53.7 Å². The van der Waals surface area contributed by atoms with Gasteiger partial charge in [0.1, 0.15) is 0 Å². The fraction of sp³-hybridized carbons (Fsp3) is 0.929. The minimum absolute atomic E-state index is 0.475. The molecular weight excluding hydrogens is 336 g/mol. The van der Waals surface area contributed by atoms with Crippen LogP contribution >= 0.6 is 0 Å². The molecule has 0 spiro atoms. The summed E-state index contributed by atoms with van der Waals surface area (Å²) in [7, 11) is 0. The predicted molar refractivity (Wildman–Crippen MR) is 122 cm³/mol. The van der Waals surface area contributed by atoms with E-state index < -0.39 is 0 Å². The Balaban J connectivity index is 1.50. The zero-order valence-corrected chi connectivity index (χ0v) is 19.9. The molecule has 0 unspecified atom stereocenters. The zero-order valence-electron chi connectivity index (χ0n) is 19.9. The van der Waals surface area contributed by atoms with Crippen molar-refractivity contribution in [1.82, 2.24) is 0 Å². The van der Waals surface area contributed by atoms with Gasteiger partial charge in [0, 0.05) is 0 Å². The minimum Gasteiger partial charge on any atom is -0.0879 e. The molecule has 0 amide bonds. The van der Waals surface area contributed by atoms with Gasteiger partial charge in [-0.05, 0) is 103 Å². The molecule has 4 rings (SSSR count). The second-order valence-electron chi connectivity index (χ2n) is 12.7. The third-order valence-electron chi connectivity index (χ3n) is 11.1. The molecule has 0 heteroatoms. The van der Waals surface area contributed by atoms with Gasteiger partial charge in [0.25, 0.3) is 0 Å². The lowest BCUT2D eigenvalue weighted by atomic mass is 9.41.